The maximum atomic E-state index is 11.6. The van der Waals surface area contributed by atoms with Crippen molar-refractivity contribution in [1.82, 2.24) is 0 Å². The molecule has 1 heterocycles. The number of aliphatic hydroxyl groups is 1. The molecule has 1 aliphatic heterocycles. The summed E-state index contributed by atoms with van der Waals surface area (Å²) in [6.07, 6.45) is 3.07. The van der Waals surface area contributed by atoms with E-state index in [1.807, 2.05) is 6.92 Å². The lowest BCUT2D eigenvalue weighted by molar-refractivity contribution is -0.142. The number of ether oxygens (including phenoxy) is 1. The zero-order valence-corrected chi connectivity index (χ0v) is 11.0. The average Bonchev–Trinajstić information content (AvgIpc) is 2.58. The van der Waals surface area contributed by atoms with Gasteiger partial charge in [-0.1, -0.05) is 13.5 Å². The fourth-order valence-corrected chi connectivity index (χ4v) is 3.88. The van der Waals surface area contributed by atoms with E-state index < -0.39 is 0 Å². The summed E-state index contributed by atoms with van der Waals surface area (Å²) in [5.41, 5.74) is 2.98. The molecule has 3 heteroatoms. The van der Waals surface area contributed by atoms with Gasteiger partial charge in [-0.2, -0.15) is 0 Å². The predicted octanol–water partition coefficient (Wildman–Crippen LogP) is 2.36. The number of hydrogen-bond donors (Lipinski definition) is 1. The SMILES string of the molecule is C=C1C(O)CCC2(C)CC3OC(=O)C(C)=C3CC12. The molecule has 0 spiro atoms. The quantitative estimate of drug-likeness (QED) is 0.529. The molecule has 2 fully saturated rings. The first-order valence-corrected chi connectivity index (χ1v) is 6.70. The van der Waals surface area contributed by atoms with E-state index in [2.05, 4.69) is 13.5 Å². The number of carbonyl (C=O) groups excluding carboxylic acids is 1. The van der Waals surface area contributed by atoms with E-state index in [1.54, 1.807) is 0 Å². The second kappa shape index (κ2) is 3.70. The van der Waals surface area contributed by atoms with Crippen molar-refractivity contribution >= 4 is 5.97 Å². The largest absolute Gasteiger partial charge is 0.454 e. The summed E-state index contributed by atoms with van der Waals surface area (Å²) in [5, 5.41) is 9.98. The summed E-state index contributed by atoms with van der Waals surface area (Å²) in [5.74, 6) is 0.125. The minimum Gasteiger partial charge on any atom is -0.454 e. The molecule has 0 bridgehead atoms. The topological polar surface area (TPSA) is 46.5 Å². The van der Waals surface area contributed by atoms with Crippen molar-refractivity contribution in [1.29, 1.82) is 0 Å². The molecule has 98 valence electrons. The monoisotopic (exact) mass is 248 g/mol. The van der Waals surface area contributed by atoms with Gasteiger partial charge in [0.2, 0.25) is 0 Å². The first kappa shape index (κ1) is 12.0. The predicted molar refractivity (Wildman–Crippen MR) is 67.8 cm³/mol. The lowest BCUT2D eigenvalue weighted by atomic mass is 9.56. The maximum Gasteiger partial charge on any atom is 0.334 e. The van der Waals surface area contributed by atoms with Gasteiger partial charge in [-0.15, -0.1) is 0 Å². The van der Waals surface area contributed by atoms with Gasteiger partial charge in [0.25, 0.3) is 0 Å². The Bertz CT molecular complexity index is 462. The fourth-order valence-electron chi connectivity index (χ4n) is 3.88. The first-order chi connectivity index (χ1) is 8.42. The van der Waals surface area contributed by atoms with Gasteiger partial charge in [-0.05, 0) is 55.1 Å². The molecule has 0 aromatic rings. The van der Waals surface area contributed by atoms with Crippen molar-refractivity contribution in [3.63, 3.8) is 0 Å². The molecule has 3 nitrogen and oxygen atoms in total. The molecule has 2 aliphatic carbocycles. The van der Waals surface area contributed by atoms with Gasteiger partial charge >= 0.3 is 5.97 Å². The van der Waals surface area contributed by atoms with Gasteiger partial charge in [0.1, 0.15) is 6.10 Å². The summed E-state index contributed by atoms with van der Waals surface area (Å²) in [7, 11) is 0. The summed E-state index contributed by atoms with van der Waals surface area (Å²) in [4.78, 5) is 11.6. The second-order valence-electron chi connectivity index (χ2n) is 6.29. The van der Waals surface area contributed by atoms with Gasteiger partial charge in [-0.3, -0.25) is 0 Å². The third-order valence-corrected chi connectivity index (χ3v) is 5.21. The van der Waals surface area contributed by atoms with Crippen molar-refractivity contribution in [3.8, 4) is 0 Å². The Morgan fingerprint density at radius 3 is 2.94 bits per heavy atom. The Morgan fingerprint density at radius 2 is 2.22 bits per heavy atom. The van der Waals surface area contributed by atoms with Crippen LogP contribution in [-0.4, -0.2) is 23.3 Å². The van der Waals surface area contributed by atoms with Gasteiger partial charge in [0, 0.05) is 5.57 Å². The van der Waals surface area contributed by atoms with E-state index in [4.69, 9.17) is 4.74 Å². The van der Waals surface area contributed by atoms with Crippen molar-refractivity contribution in [2.45, 2.75) is 51.7 Å². The van der Waals surface area contributed by atoms with E-state index in [0.717, 1.165) is 42.4 Å². The smallest absolute Gasteiger partial charge is 0.334 e. The zero-order valence-electron chi connectivity index (χ0n) is 11.0. The van der Waals surface area contributed by atoms with E-state index in [1.165, 1.54) is 0 Å². The highest BCUT2D eigenvalue weighted by molar-refractivity contribution is 5.91. The zero-order chi connectivity index (χ0) is 13.1. The highest BCUT2D eigenvalue weighted by Crippen LogP contribution is 2.55. The molecule has 0 radical (unpaired) electrons. The molecule has 0 aromatic carbocycles. The van der Waals surface area contributed by atoms with Crippen LogP contribution in [0.3, 0.4) is 0 Å². The standard InChI is InChI=1S/C15H20O3/c1-8-10-6-11-9(2)12(16)4-5-15(11,3)7-13(10)18-14(8)17/h11-13,16H,2,4-7H2,1,3H3. The van der Waals surface area contributed by atoms with Crippen LogP contribution in [0.5, 0.6) is 0 Å². The Morgan fingerprint density at radius 1 is 1.50 bits per heavy atom. The van der Waals surface area contributed by atoms with Crippen LogP contribution in [0.1, 0.15) is 39.5 Å². The van der Waals surface area contributed by atoms with Gasteiger partial charge in [-0.25, -0.2) is 4.79 Å². The second-order valence-corrected chi connectivity index (χ2v) is 6.29. The molecule has 2 saturated carbocycles. The maximum absolute atomic E-state index is 11.6. The molecular formula is C15H20O3. The molecule has 4 atom stereocenters. The number of fused-ring (bicyclic) bond motifs is 2. The highest BCUT2D eigenvalue weighted by atomic mass is 16.5. The molecule has 0 saturated heterocycles. The number of rotatable bonds is 0. The van der Waals surface area contributed by atoms with E-state index in [9.17, 15) is 9.90 Å². The van der Waals surface area contributed by atoms with Crippen LogP contribution < -0.4 is 0 Å². The van der Waals surface area contributed by atoms with E-state index >= 15 is 0 Å². The normalized spacial score (nSPS) is 43.6. The van der Waals surface area contributed by atoms with Crippen LogP contribution in [0, 0.1) is 11.3 Å². The average molecular weight is 248 g/mol. The minimum atomic E-state index is -0.376. The molecule has 4 unspecified atom stereocenters. The summed E-state index contributed by atoms with van der Waals surface area (Å²) >= 11 is 0. The number of aliphatic hydroxyl groups excluding tert-OH is 1. The van der Waals surface area contributed by atoms with E-state index in [-0.39, 0.29) is 29.5 Å². The van der Waals surface area contributed by atoms with Crippen molar-refractivity contribution < 1.29 is 14.6 Å². The summed E-state index contributed by atoms with van der Waals surface area (Å²) < 4.78 is 5.45. The molecule has 3 rings (SSSR count). The molecule has 18 heavy (non-hydrogen) atoms. The minimum absolute atomic E-state index is 0.0261. The first-order valence-electron chi connectivity index (χ1n) is 6.70. The molecule has 1 N–H and O–H groups in total. The van der Waals surface area contributed by atoms with Crippen molar-refractivity contribution in [2.75, 3.05) is 0 Å². The van der Waals surface area contributed by atoms with Crippen LogP contribution in [-0.2, 0) is 9.53 Å². The summed E-state index contributed by atoms with van der Waals surface area (Å²) in [6.45, 7) is 8.18. The number of hydrogen-bond acceptors (Lipinski definition) is 3. The third kappa shape index (κ3) is 1.50. The lowest BCUT2D eigenvalue weighted by Gasteiger charge is -2.49. The van der Waals surface area contributed by atoms with Gasteiger partial charge < -0.3 is 9.84 Å². The van der Waals surface area contributed by atoms with Crippen LogP contribution in [0.15, 0.2) is 23.3 Å². The Balaban J connectivity index is 1.96. The lowest BCUT2D eigenvalue weighted by Crippen LogP contribution is -2.44. The van der Waals surface area contributed by atoms with Crippen molar-refractivity contribution in [3.05, 3.63) is 23.3 Å². The van der Waals surface area contributed by atoms with Crippen molar-refractivity contribution in [2.24, 2.45) is 11.3 Å². The molecule has 0 amide bonds. The molecular weight excluding hydrogens is 228 g/mol. The van der Waals surface area contributed by atoms with Crippen LogP contribution in [0.2, 0.25) is 0 Å². The highest BCUT2D eigenvalue weighted by Gasteiger charge is 2.50. The van der Waals surface area contributed by atoms with Crippen LogP contribution in [0.4, 0.5) is 0 Å². The number of carbonyl (C=O) groups is 1. The number of esters is 1. The fraction of sp³-hybridized carbons (Fsp3) is 0.667. The summed E-state index contributed by atoms with van der Waals surface area (Å²) in [6, 6.07) is 0. The van der Waals surface area contributed by atoms with Gasteiger partial charge in [0.15, 0.2) is 0 Å². The molecule has 3 aliphatic rings. The van der Waals surface area contributed by atoms with Crippen LogP contribution >= 0.6 is 0 Å². The molecule has 0 aromatic heterocycles. The Kier molecular flexibility index (Phi) is 2.46. The Labute approximate surface area is 108 Å². The van der Waals surface area contributed by atoms with Gasteiger partial charge in [0.05, 0.1) is 6.10 Å². The third-order valence-electron chi connectivity index (χ3n) is 5.21. The van der Waals surface area contributed by atoms with Crippen LogP contribution in [0.25, 0.3) is 0 Å². The Hall–Kier alpha value is -1.09. The van der Waals surface area contributed by atoms with E-state index in [0.29, 0.717) is 0 Å².